The summed E-state index contributed by atoms with van der Waals surface area (Å²) >= 11 is 0. The number of nitrogens with one attached hydrogen (secondary N) is 1. The molecule has 0 aliphatic carbocycles. The Morgan fingerprint density at radius 1 is 1.07 bits per heavy atom. The lowest BCUT2D eigenvalue weighted by molar-refractivity contribution is -0.115. The van der Waals surface area contributed by atoms with Crippen molar-refractivity contribution in [3.05, 3.63) is 53.6 Å². The molecule has 29 heavy (non-hydrogen) atoms. The Morgan fingerprint density at radius 2 is 1.79 bits per heavy atom. The maximum absolute atomic E-state index is 12.8. The summed E-state index contributed by atoms with van der Waals surface area (Å²) in [5.41, 5.74) is 3.12. The van der Waals surface area contributed by atoms with Gasteiger partial charge in [-0.15, -0.1) is 0 Å². The van der Waals surface area contributed by atoms with Crippen LogP contribution in [0.3, 0.4) is 0 Å². The van der Waals surface area contributed by atoms with E-state index in [1.54, 1.807) is 25.3 Å². The van der Waals surface area contributed by atoms with Gasteiger partial charge in [-0.25, -0.2) is 0 Å². The first-order valence-corrected chi connectivity index (χ1v) is 10.1. The molecule has 0 atom stereocenters. The van der Waals surface area contributed by atoms with Gasteiger partial charge in [-0.1, -0.05) is 19.1 Å². The molecule has 3 rings (SSSR count). The molecule has 1 fully saturated rings. The molecule has 1 saturated heterocycles. The average Bonchev–Trinajstić information content (AvgIpc) is 2.74. The maximum Gasteiger partial charge on any atom is 0.228 e. The molecule has 1 aliphatic heterocycles. The number of amides is 1. The van der Waals surface area contributed by atoms with Gasteiger partial charge in [0.25, 0.3) is 0 Å². The van der Waals surface area contributed by atoms with Crippen LogP contribution in [0.4, 0.5) is 11.4 Å². The number of ether oxygens (including phenoxy) is 1. The number of ketones is 1. The third kappa shape index (κ3) is 5.15. The first kappa shape index (κ1) is 20.9. The van der Waals surface area contributed by atoms with Gasteiger partial charge in [-0.05, 0) is 43.8 Å². The third-order valence-corrected chi connectivity index (χ3v) is 5.38. The van der Waals surface area contributed by atoms with Crippen LogP contribution >= 0.6 is 0 Å². The minimum absolute atomic E-state index is 0.0362. The highest BCUT2D eigenvalue weighted by atomic mass is 16.5. The molecule has 2 aromatic rings. The fraction of sp³-hybridized carbons (Fsp3) is 0.391. The van der Waals surface area contributed by atoms with Crippen molar-refractivity contribution in [2.45, 2.75) is 20.3 Å². The largest absolute Gasteiger partial charge is 0.496 e. The molecule has 154 valence electrons. The predicted molar refractivity (Wildman–Crippen MR) is 116 cm³/mol. The first-order chi connectivity index (χ1) is 14.0. The van der Waals surface area contributed by atoms with Gasteiger partial charge in [0.1, 0.15) is 5.75 Å². The Kier molecular flexibility index (Phi) is 6.88. The lowest BCUT2D eigenvalue weighted by Crippen LogP contribution is -2.46. The van der Waals surface area contributed by atoms with Gasteiger partial charge in [0.2, 0.25) is 5.91 Å². The zero-order valence-electron chi connectivity index (χ0n) is 17.4. The number of Topliss-reactive ketones (excluding diaryl/α,β-unsaturated/α-hetero) is 1. The van der Waals surface area contributed by atoms with Gasteiger partial charge in [0.05, 0.1) is 24.9 Å². The van der Waals surface area contributed by atoms with E-state index in [-0.39, 0.29) is 18.1 Å². The number of carbonyl (C=O) groups is 2. The summed E-state index contributed by atoms with van der Waals surface area (Å²) in [6.45, 7) is 8.68. The first-order valence-electron chi connectivity index (χ1n) is 10.1. The molecule has 0 bridgehead atoms. The van der Waals surface area contributed by atoms with Crippen LogP contribution in [0.5, 0.6) is 5.75 Å². The smallest absolute Gasteiger partial charge is 0.228 e. The Labute approximate surface area is 172 Å². The van der Waals surface area contributed by atoms with Crippen molar-refractivity contribution >= 4 is 23.1 Å². The molecule has 1 N–H and O–H groups in total. The maximum atomic E-state index is 12.8. The molecular formula is C23H29N3O3. The van der Waals surface area contributed by atoms with Crippen LogP contribution in [-0.2, 0) is 11.2 Å². The van der Waals surface area contributed by atoms with Gasteiger partial charge in [-0.2, -0.15) is 0 Å². The van der Waals surface area contributed by atoms with Crippen molar-refractivity contribution in [3.8, 4) is 5.75 Å². The molecule has 6 nitrogen and oxygen atoms in total. The molecular weight excluding hydrogens is 366 g/mol. The fourth-order valence-corrected chi connectivity index (χ4v) is 3.66. The van der Waals surface area contributed by atoms with Crippen LogP contribution in [0, 0.1) is 0 Å². The van der Waals surface area contributed by atoms with Gasteiger partial charge in [0, 0.05) is 37.3 Å². The Bertz CT molecular complexity index is 873. The molecule has 1 heterocycles. The number of hydrogen-bond acceptors (Lipinski definition) is 5. The predicted octanol–water partition coefficient (Wildman–Crippen LogP) is 3.22. The van der Waals surface area contributed by atoms with E-state index in [9.17, 15) is 9.59 Å². The average molecular weight is 396 g/mol. The second kappa shape index (κ2) is 9.56. The molecule has 1 amide bonds. The molecule has 6 heteroatoms. The van der Waals surface area contributed by atoms with E-state index < -0.39 is 0 Å². The summed E-state index contributed by atoms with van der Waals surface area (Å²) in [5, 5.41) is 3.05. The molecule has 2 aromatic carbocycles. The number of anilines is 2. The van der Waals surface area contributed by atoms with Crippen molar-refractivity contribution in [2.75, 3.05) is 50.1 Å². The number of likely N-dealkylation sites (N-methyl/N-ethyl adjacent to an activating group) is 1. The van der Waals surface area contributed by atoms with Crippen LogP contribution < -0.4 is 15.0 Å². The summed E-state index contributed by atoms with van der Waals surface area (Å²) in [6, 6.07) is 13.1. The van der Waals surface area contributed by atoms with Crippen LogP contribution in [0.25, 0.3) is 0 Å². The second-order valence-corrected chi connectivity index (χ2v) is 7.25. The second-order valence-electron chi connectivity index (χ2n) is 7.25. The topological polar surface area (TPSA) is 61.9 Å². The lowest BCUT2D eigenvalue weighted by atomic mass is 10.0. The highest BCUT2D eigenvalue weighted by Gasteiger charge is 2.19. The van der Waals surface area contributed by atoms with Gasteiger partial charge < -0.3 is 19.9 Å². The van der Waals surface area contributed by atoms with Crippen molar-refractivity contribution < 1.29 is 14.3 Å². The van der Waals surface area contributed by atoms with E-state index in [1.807, 2.05) is 24.3 Å². The monoisotopic (exact) mass is 395 g/mol. The molecule has 0 spiro atoms. The third-order valence-electron chi connectivity index (χ3n) is 5.38. The Balaban J connectivity index is 1.74. The molecule has 0 aromatic heterocycles. The highest BCUT2D eigenvalue weighted by molar-refractivity contribution is 5.97. The van der Waals surface area contributed by atoms with E-state index in [1.165, 1.54) is 6.92 Å². The van der Waals surface area contributed by atoms with Crippen LogP contribution in [0.2, 0.25) is 0 Å². The number of piperazine rings is 1. The zero-order chi connectivity index (χ0) is 20.8. The SMILES string of the molecule is CCN1CCN(c2ccccc2NC(=O)Cc2cc(C(C)=O)ccc2OC)CC1. The van der Waals surface area contributed by atoms with E-state index >= 15 is 0 Å². The zero-order valence-corrected chi connectivity index (χ0v) is 17.4. The van der Waals surface area contributed by atoms with Crippen LogP contribution in [0.15, 0.2) is 42.5 Å². The van der Waals surface area contributed by atoms with Crippen molar-refractivity contribution in [2.24, 2.45) is 0 Å². The number of benzene rings is 2. The number of methoxy groups -OCH3 is 1. The Hall–Kier alpha value is -2.86. The van der Waals surface area contributed by atoms with Gasteiger partial charge in [0.15, 0.2) is 5.78 Å². The number of para-hydroxylation sites is 2. The van der Waals surface area contributed by atoms with E-state index in [4.69, 9.17) is 4.74 Å². The standard InChI is InChI=1S/C23H29N3O3/c1-4-25-11-13-26(14-12-25)21-8-6-5-7-20(21)24-23(28)16-19-15-18(17(2)27)9-10-22(19)29-3/h5-10,15H,4,11-14,16H2,1-3H3,(H,24,28). The van der Waals surface area contributed by atoms with Crippen LogP contribution in [-0.4, -0.2) is 56.4 Å². The molecule has 0 unspecified atom stereocenters. The van der Waals surface area contributed by atoms with Gasteiger partial charge >= 0.3 is 0 Å². The van der Waals surface area contributed by atoms with Gasteiger partial charge in [-0.3, -0.25) is 9.59 Å². The Morgan fingerprint density at radius 3 is 2.45 bits per heavy atom. The number of nitrogens with zero attached hydrogens (tertiary/aromatic N) is 2. The summed E-state index contributed by atoms with van der Waals surface area (Å²) in [6.07, 6.45) is 0.141. The minimum atomic E-state index is -0.136. The number of hydrogen-bond donors (Lipinski definition) is 1. The lowest BCUT2D eigenvalue weighted by Gasteiger charge is -2.36. The quantitative estimate of drug-likeness (QED) is 0.730. The molecule has 0 saturated carbocycles. The van der Waals surface area contributed by atoms with Crippen LogP contribution in [0.1, 0.15) is 29.8 Å². The van der Waals surface area contributed by atoms with E-state index in [0.29, 0.717) is 16.9 Å². The van der Waals surface area contributed by atoms with Crippen molar-refractivity contribution in [3.63, 3.8) is 0 Å². The van der Waals surface area contributed by atoms with Crippen molar-refractivity contribution in [1.82, 2.24) is 4.90 Å². The minimum Gasteiger partial charge on any atom is -0.496 e. The normalized spacial score (nSPS) is 14.5. The fourth-order valence-electron chi connectivity index (χ4n) is 3.66. The summed E-state index contributed by atoms with van der Waals surface area (Å²) < 4.78 is 5.37. The molecule has 0 radical (unpaired) electrons. The van der Waals surface area contributed by atoms with Crippen molar-refractivity contribution in [1.29, 1.82) is 0 Å². The number of carbonyl (C=O) groups excluding carboxylic acids is 2. The number of rotatable bonds is 7. The summed E-state index contributed by atoms with van der Waals surface area (Å²) in [7, 11) is 1.56. The summed E-state index contributed by atoms with van der Waals surface area (Å²) in [5.74, 6) is 0.434. The molecule has 1 aliphatic rings. The summed E-state index contributed by atoms with van der Waals surface area (Å²) in [4.78, 5) is 29.2. The van der Waals surface area contributed by atoms with E-state index in [0.717, 1.165) is 44.1 Å². The van der Waals surface area contributed by atoms with E-state index in [2.05, 4.69) is 22.0 Å². The highest BCUT2D eigenvalue weighted by Crippen LogP contribution is 2.27.